The summed E-state index contributed by atoms with van der Waals surface area (Å²) in [6.45, 7) is 6.63. The Labute approximate surface area is 108 Å². The van der Waals surface area contributed by atoms with Gasteiger partial charge in [0.1, 0.15) is 6.04 Å². The number of hydrogen-bond donors (Lipinski definition) is 3. The molecule has 3 N–H and O–H groups in total. The molecule has 3 unspecified atom stereocenters. The van der Waals surface area contributed by atoms with Crippen molar-refractivity contribution in [2.45, 2.75) is 33.2 Å². The Morgan fingerprint density at radius 2 is 1.94 bits per heavy atom. The summed E-state index contributed by atoms with van der Waals surface area (Å²) in [5.41, 5.74) is 0. The molecule has 0 radical (unpaired) electrons. The van der Waals surface area contributed by atoms with Gasteiger partial charge in [-0.2, -0.15) is 0 Å². The first-order valence-corrected chi connectivity index (χ1v) is 6.18. The van der Waals surface area contributed by atoms with Crippen LogP contribution in [-0.4, -0.2) is 43.4 Å². The number of amides is 2. The van der Waals surface area contributed by atoms with E-state index in [0.717, 1.165) is 0 Å². The third-order valence-corrected chi connectivity index (χ3v) is 2.83. The van der Waals surface area contributed by atoms with Crippen molar-refractivity contribution in [2.75, 3.05) is 20.3 Å². The van der Waals surface area contributed by atoms with E-state index in [1.165, 1.54) is 0 Å². The molecule has 6 nitrogen and oxygen atoms in total. The molecule has 0 aromatic carbocycles. The zero-order chi connectivity index (χ0) is 14.1. The molecule has 6 heteroatoms. The second kappa shape index (κ2) is 8.74. The van der Waals surface area contributed by atoms with Crippen LogP contribution in [0.1, 0.15) is 27.2 Å². The number of rotatable bonds is 8. The number of hydrogen-bond acceptors (Lipinski definition) is 3. The molecule has 3 atom stereocenters. The zero-order valence-corrected chi connectivity index (χ0v) is 11.5. The van der Waals surface area contributed by atoms with E-state index >= 15 is 0 Å². The van der Waals surface area contributed by atoms with Gasteiger partial charge >= 0.3 is 12.0 Å². The maximum atomic E-state index is 11.6. The van der Waals surface area contributed by atoms with Crippen LogP contribution in [0, 0.1) is 11.8 Å². The lowest BCUT2D eigenvalue weighted by Crippen LogP contribution is -2.49. The van der Waals surface area contributed by atoms with Crippen LogP contribution in [0.25, 0.3) is 0 Å². The van der Waals surface area contributed by atoms with Gasteiger partial charge in [-0.25, -0.2) is 9.59 Å². The van der Waals surface area contributed by atoms with Gasteiger partial charge in [0.25, 0.3) is 0 Å². The Hall–Kier alpha value is -1.30. The van der Waals surface area contributed by atoms with E-state index in [4.69, 9.17) is 9.84 Å². The first kappa shape index (κ1) is 16.7. The number of carboxylic acids is 1. The Balaban J connectivity index is 4.14. The molecule has 18 heavy (non-hydrogen) atoms. The molecule has 0 bridgehead atoms. The molecule has 0 aromatic heterocycles. The summed E-state index contributed by atoms with van der Waals surface area (Å²) in [6.07, 6.45) is 0.692. The van der Waals surface area contributed by atoms with Gasteiger partial charge in [0.2, 0.25) is 0 Å². The highest BCUT2D eigenvalue weighted by atomic mass is 16.5. The summed E-state index contributed by atoms with van der Waals surface area (Å²) in [5, 5.41) is 14.1. The van der Waals surface area contributed by atoms with Crippen LogP contribution in [0.15, 0.2) is 0 Å². The van der Waals surface area contributed by atoms with E-state index in [1.807, 2.05) is 13.8 Å². The molecule has 0 aliphatic carbocycles. The minimum absolute atomic E-state index is 0.107. The highest BCUT2D eigenvalue weighted by Gasteiger charge is 2.25. The van der Waals surface area contributed by atoms with Crippen molar-refractivity contribution in [1.82, 2.24) is 10.6 Å². The predicted octanol–water partition coefficient (Wildman–Crippen LogP) is 1.07. The third-order valence-electron chi connectivity index (χ3n) is 2.83. The Morgan fingerprint density at radius 1 is 1.33 bits per heavy atom. The average molecular weight is 260 g/mol. The van der Waals surface area contributed by atoms with Crippen molar-refractivity contribution in [1.29, 1.82) is 0 Å². The SMILES string of the molecule is CCC(C)C(NC(=O)NCC(C)COC)C(=O)O. The van der Waals surface area contributed by atoms with Crippen molar-refractivity contribution >= 4 is 12.0 Å². The summed E-state index contributed by atoms with van der Waals surface area (Å²) in [7, 11) is 1.60. The highest BCUT2D eigenvalue weighted by molar-refractivity contribution is 5.82. The molecular weight excluding hydrogens is 236 g/mol. The largest absolute Gasteiger partial charge is 0.480 e. The van der Waals surface area contributed by atoms with E-state index in [-0.39, 0.29) is 11.8 Å². The molecule has 106 valence electrons. The third kappa shape index (κ3) is 6.44. The van der Waals surface area contributed by atoms with E-state index in [9.17, 15) is 9.59 Å². The van der Waals surface area contributed by atoms with Crippen LogP contribution in [0.2, 0.25) is 0 Å². The van der Waals surface area contributed by atoms with Gasteiger partial charge < -0.3 is 20.5 Å². The zero-order valence-electron chi connectivity index (χ0n) is 11.5. The fourth-order valence-electron chi connectivity index (χ4n) is 1.49. The lowest BCUT2D eigenvalue weighted by Gasteiger charge is -2.21. The van der Waals surface area contributed by atoms with Gasteiger partial charge in [0.15, 0.2) is 0 Å². The Morgan fingerprint density at radius 3 is 2.39 bits per heavy atom. The second-order valence-corrected chi connectivity index (χ2v) is 4.62. The lowest BCUT2D eigenvalue weighted by atomic mass is 9.99. The van der Waals surface area contributed by atoms with E-state index in [0.29, 0.717) is 19.6 Å². The van der Waals surface area contributed by atoms with E-state index in [1.54, 1.807) is 14.0 Å². The number of nitrogens with one attached hydrogen (secondary N) is 2. The second-order valence-electron chi connectivity index (χ2n) is 4.62. The number of aliphatic carboxylic acids is 1. The number of ether oxygens (including phenoxy) is 1. The minimum atomic E-state index is -1.01. The van der Waals surface area contributed by atoms with Gasteiger partial charge in [-0.1, -0.05) is 27.2 Å². The molecule has 0 aliphatic heterocycles. The standard InChI is InChI=1S/C12H24N2O4/c1-5-9(3)10(11(15)16)14-12(17)13-6-8(2)7-18-4/h8-10H,5-7H2,1-4H3,(H,15,16)(H2,13,14,17). The highest BCUT2D eigenvalue weighted by Crippen LogP contribution is 2.07. The van der Waals surface area contributed by atoms with Crippen molar-refractivity contribution < 1.29 is 19.4 Å². The van der Waals surface area contributed by atoms with Crippen molar-refractivity contribution in [3.63, 3.8) is 0 Å². The topological polar surface area (TPSA) is 87.7 Å². The summed E-state index contributed by atoms with van der Waals surface area (Å²) in [5.74, 6) is -0.929. The Bertz CT molecular complexity index is 271. The summed E-state index contributed by atoms with van der Waals surface area (Å²) >= 11 is 0. The molecule has 0 rings (SSSR count). The molecule has 0 saturated carbocycles. The number of urea groups is 1. The van der Waals surface area contributed by atoms with Crippen LogP contribution < -0.4 is 10.6 Å². The molecule has 0 aliphatic rings. The monoisotopic (exact) mass is 260 g/mol. The van der Waals surface area contributed by atoms with Crippen LogP contribution in [0.3, 0.4) is 0 Å². The van der Waals surface area contributed by atoms with Gasteiger partial charge in [-0.05, 0) is 11.8 Å². The fraction of sp³-hybridized carbons (Fsp3) is 0.833. The number of carboxylic acid groups (broad SMARTS) is 1. The van der Waals surface area contributed by atoms with E-state index < -0.39 is 18.0 Å². The maximum absolute atomic E-state index is 11.6. The minimum Gasteiger partial charge on any atom is -0.480 e. The van der Waals surface area contributed by atoms with E-state index in [2.05, 4.69) is 10.6 Å². The number of carbonyl (C=O) groups excluding carboxylic acids is 1. The number of methoxy groups -OCH3 is 1. The smallest absolute Gasteiger partial charge is 0.326 e. The molecule has 0 spiro atoms. The van der Waals surface area contributed by atoms with Gasteiger partial charge in [0.05, 0.1) is 6.61 Å². The predicted molar refractivity (Wildman–Crippen MR) is 68.5 cm³/mol. The fourth-order valence-corrected chi connectivity index (χ4v) is 1.49. The summed E-state index contributed by atoms with van der Waals surface area (Å²) < 4.78 is 4.95. The molecule has 2 amide bonds. The summed E-state index contributed by atoms with van der Waals surface area (Å²) in [4.78, 5) is 22.6. The Kier molecular flexibility index (Phi) is 8.11. The quantitative estimate of drug-likeness (QED) is 0.609. The van der Waals surface area contributed by atoms with Gasteiger partial charge in [-0.15, -0.1) is 0 Å². The molecule has 0 fully saturated rings. The number of carbonyl (C=O) groups is 2. The first-order valence-electron chi connectivity index (χ1n) is 6.18. The van der Waals surface area contributed by atoms with Crippen molar-refractivity contribution in [3.05, 3.63) is 0 Å². The van der Waals surface area contributed by atoms with Crippen LogP contribution in [0.4, 0.5) is 4.79 Å². The van der Waals surface area contributed by atoms with Gasteiger partial charge in [-0.3, -0.25) is 0 Å². The van der Waals surface area contributed by atoms with Crippen LogP contribution in [-0.2, 0) is 9.53 Å². The molecule has 0 aromatic rings. The molecule has 0 heterocycles. The maximum Gasteiger partial charge on any atom is 0.326 e. The van der Waals surface area contributed by atoms with Crippen LogP contribution in [0.5, 0.6) is 0 Å². The molecular formula is C12H24N2O4. The lowest BCUT2D eigenvalue weighted by molar-refractivity contribution is -0.140. The summed E-state index contributed by atoms with van der Waals surface area (Å²) in [6, 6.07) is -1.31. The average Bonchev–Trinajstić information content (AvgIpc) is 2.32. The first-order chi connectivity index (χ1) is 8.42. The van der Waals surface area contributed by atoms with Crippen molar-refractivity contribution in [3.8, 4) is 0 Å². The van der Waals surface area contributed by atoms with Crippen LogP contribution >= 0.6 is 0 Å². The van der Waals surface area contributed by atoms with Gasteiger partial charge in [0, 0.05) is 13.7 Å². The molecule has 0 saturated heterocycles. The van der Waals surface area contributed by atoms with Crippen molar-refractivity contribution in [2.24, 2.45) is 11.8 Å². The normalized spacial score (nSPS) is 15.6.